The predicted octanol–water partition coefficient (Wildman–Crippen LogP) is 1.98. The average Bonchev–Trinajstić information content (AvgIpc) is 3.27. The summed E-state index contributed by atoms with van der Waals surface area (Å²) in [6.45, 7) is 1.81. The molecule has 3 aromatic rings. The largest absolute Gasteiger partial charge is 0.382 e. The first-order valence-corrected chi connectivity index (χ1v) is 11.4. The van der Waals surface area contributed by atoms with Crippen LogP contribution in [0.25, 0.3) is 22.0 Å². The number of carbonyl (C=O) groups excluding carboxylic acids is 1. The number of fused-ring (bicyclic) bond motifs is 1. The molecule has 34 heavy (non-hydrogen) atoms. The van der Waals surface area contributed by atoms with Crippen molar-refractivity contribution in [2.24, 2.45) is 5.73 Å². The van der Waals surface area contributed by atoms with E-state index in [4.69, 9.17) is 5.73 Å². The number of nitrogens with two attached hydrogens (primary N) is 1. The van der Waals surface area contributed by atoms with E-state index < -0.39 is 23.9 Å². The van der Waals surface area contributed by atoms with Crippen molar-refractivity contribution >= 4 is 16.8 Å². The third-order valence-corrected chi connectivity index (χ3v) is 6.44. The van der Waals surface area contributed by atoms with Gasteiger partial charge in [-0.2, -0.15) is 10.4 Å². The van der Waals surface area contributed by atoms with Crippen LogP contribution in [0.5, 0.6) is 0 Å². The SMILES string of the molecule is CN1CCC(n2ncc3ccc(-c4ccc(C[C@@H](C#N)NC(=O)[C@@H](O)CN)c(F)c4)cc32)CC1. The summed E-state index contributed by atoms with van der Waals surface area (Å²) in [5.41, 5.74) is 8.19. The lowest BCUT2D eigenvalue weighted by Crippen LogP contribution is -2.44. The number of likely N-dealkylation sites (tertiary alicyclic amines) is 1. The molecule has 1 aliphatic heterocycles. The zero-order valence-electron chi connectivity index (χ0n) is 19.1. The summed E-state index contributed by atoms with van der Waals surface area (Å²) in [5, 5.41) is 26.9. The number of halogens is 1. The van der Waals surface area contributed by atoms with Gasteiger partial charge in [0, 0.05) is 18.4 Å². The molecule has 178 valence electrons. The maximum atomic E-state index is 14.9. The lowest BCUT2D eigenvalue weighted by molar-refractivity contribution is -0.129. The van der Waals surface area contributed by atoms with Gasteiger partial charge in [0.05, 0.1) is 23.8 Å². The predicted molar refractivity (Wildman–Crippen MR) is 127 cm³/mol. The summed E-state index contributed by atoms with van der Waals surface area (Å²) in [5.74, 6) is -1.21. The van der Waals surface area contributed by atoms with Crippen molar-refractivity contribution < 1.29 is 14.3 Å². The maximum Gasteiger partial charge on any atom is 0.251 e. The van der Waals surface area contributed by atoms with E-state index >= 15 is 0 Å². The number of nitrogens with one attached hydrogen (secondary N) is 1. The maximum absolute atomic E-state index is 14.9. The normalized spacial score (nSPS) is 16.8. The molecule has 1 saturated heterocycles. The van der Waals surface area contributed by atoms with Crippen molar-refractivity contribution in [2.45, 2.75) is 37.5 Å². The summed E-state index contributed by atoms with van der Waals surface area (Å²) in [7, 11) is 2.13. The van der Waals surface area contributed by atoms with Crippen LogP contribution in [0.2, 0.25) is 0 Å². The van der Waals surface area contributed by atoms with Gasteiger partial charge in [-0.1, -0.05) is 24.3 Å². The van der Waals surface area contributed by atoms with Crippen LogP contribution in [0, 0.1) is 17.1 Å². The van der Waals surface area contributed by atoms with Gasteiger partial charge in [0.1, 0.15) is 18.0 Å². The van der Waals surface area contributed by atoms with Crippen molar-refractivity contribution in [1.29, 1.82) is 5.26 Å². The van der Waals surface area contributed by atoms with E-state index in [1.807, 2.05) is 30.5 Å². The van der Waals surface area contributed by atoms with E-state index in [1.54, 1.807) is 12.1 Å². The Morgan fingerprint density at radius 3 is 2.68 bits per heavy atom. The number of aliphatic hydroxyl groups is 1. The number of nitriles is 1. The number of piperidine rings is 1. The Bertz CT molecular complexity index is 1210. The highest BCUT2D eigenvalue weighted by atomic mass is 19.1. The first-order chi connectivity index (χ1) is 16.4. The van der Waals surface area contributed by atoms with E-state index in [0.29, 0.717) is 11.6 Å². The number of aliphatic hydroxyl groups excluding tert-OH is 1. The molecular weight excluding hydrogens is 435 g/mol. The first-order valence-electron chi connectivity index (χ1n) is 11.4. The third-order valence-electron chi connectivity index (χ3n) is 6.44. The Hall–Kier alpha value is -3.32. The summed E-state index contributed by atoms with van der Waals surface area (Å²) in [6.07, 6.45) is 2.53. The van der Waals surface area contributed by atoms with Gasteiger partial charge in [0.25, 0.3) is 5.91 Å². The standard InChI is InChI=1S/C25H29FN6O2/c1-31-8-6-21(7-9-31)32-23-12-17(3-5-19(23)15-29-32)16-2-4-18(22(26)11-16)10-20(13-27)30-25(34)24(33)14-28/h2-5,11-12,15,20-21,24,33H,6-10,14,28H2,1H3,(H,30,34)/t20-,24-/m0/s1. The number of carbonyl (C=O) groups is 1. The molecule has 2 aromatic carbocycles. The fourth-order valence-electron chi connectivity index (χ4n) is 4.36. The van der Waals surface area contributed by atoms with Crippen LogP contribution in [-0.4, -0.2) is 64.5 Å². The average molecular weight is 465 g/mol. The van der Waals surface area contributed by atoms with Crippen molar-refractivity contribution in [3.8, 4) is 17.2 Å². The van der Waals surface area contributed by atoms with Gasteiger partial charge in [-0.25, -0.2) is 4.39 Å². The van der Waals surface area contributed by atoms with Crippen LogP contribution in [0.1, 0.15) is 24.4 Å². The Morgan fingerprint density at radius 2 is 2.00 bits per heavy atom. The molecule has 0 spiro atoms. The molecule has 1 aromatic heterocycles. The monoisotopic (exact) mass is 464 g/mol. The summed E-state index contributed by atoms with van der Waals surface area (Å²) < 4.78 is 17.0. The summed E-state index contributed by atoms with van der Waals surface area (Å²) in [6, 6.07) is 12.2. The highest BCUT2D eigenvalue weighted by Gasteiger charge is 2.21. The fourth-order valence-corrected chi connectivity index (χ4v) is 4.36. The summed E-state index contributed by atoms with van der Waals surface area (Å²) in [4.78, 5) is 14.1. The lowest BCUT2D eigenvalue weighted by atomic mass is 9.99. The van der Waals surface area contributed by atoms with Gasteiger partial charge in [-0.15, -0.1) is 0 Å². The Balaban J connectivity index is 1.54. The summed E-state index contributed by atoms with van der Waals surface area (Å²) >= 11 is 0. The minimum Gasteiger partial charge on any atom is -0.382 e. The third kappa shape index (κ3) is 5.09. The molecule has 0 saturated carbocycles. The molecule has 4 N–H and O–H groups in total. The number of rotatable bonds is 7. The van der Waals surface area contributed by atoms with Crippen molar-refractivity contribution in [2.75, 3.05) is 26.7 Å². The van der Waals surface area contributed by atoms with E-state index in [1.165, 1.54) is 6.07 Å². The smallest absolute Gasteiger partial charge is 0.251 e. The molecule has 0 radical (unpaired) electrons. The second-order valence-electron chi connectivity index (χ2n) is 8.85. The molecule has 0 unspecified atom stereocenters. The number of aromatic nitrogens is 2. The number of nitrogens with zero attached hydrogens (tertiary/aromatic N) is 4. The molecule has 1 fully saturated rings. The number of amides is 1. The molecule has 2 heterocycles. The van der Waals surface area contributed by atoms with Crippen LogP contribution in [-0.2, 0) is 11.2 Å². The molecule has 4 rings (SSSR count). The number of benzene rings is 2. The van der Waals surface area contributed by atoms with Gasteiger partial charge in [-0.3, -0.25) is 9.48 Å². The second kappa shape index (κ2) is 10.3. The van der Waals surface area contributed by atoms with Crippen molar-refractivity contribution in [1.82, 2.24) is 20.0 Å². The minimum absolute atomic E-state index is 0.0203. The van der Waals surface area contributed by atoms with Crippen molar-refractivity contribution in [3.63, 3.8) is 0 Å². The van der Waals surface area contributed by atoms with E-state index in [-0.39, 0.29) is 13.0 Å². The van der Waals surface area contributed by atoms with Crippen LogP contribution < -0.4 is 11.1 Å². The molecule has 2 atom stereocenters. The first kappa shape index (κ1) is 23.8. The van der Waals surface area contributed by atoms with E-state index in [0.717, 1.165) is 48.0 Å². The van der Waals surface area contributed by atoms with E-state index in [2.05, 4.69) is 27.0 Å². The molecular formula is C25H29FN6O2. The molecule has 9 heteroatoms. The topological polar surface area (TPSA) is 120 Å². The van der Waals surface area contributed by atoms with Crippen LogP contribution >= 0.6 is 0 Å². The Labute approximate surface area is 197 Å². The van der Waals surface area contributed by atoms with Gasteiger partial charge < -0.3 is 21.1 Å². The molecule has 1 aliphatic rings. The van der Waals surface area contributed by atoms with Gasteiger partial charge in [-0.05, 0) is 61.8 Å². The van der Waals surface area contributed by atoms with Gasteiger partial charge in [0.2, 0.25) is 0 Å². The minimum atomic E-state index is -1.40. The van der Waals surface area contributed by atoms with Crippen LogP contribution in [0.15, 0.2) is 42.6 Å². The second-order valence-corrected chi connectivity index (χ2v) is 8.85. The Kier molecular flexibility index (Phi) is 7.22. The van der Waals surface area contributed by atoms with Gasteiger partial charge in [0.15, 0.2) is 0 Å². The Morgan fingerprint density at radius 1 is 1.29 bits per heavy atom. The zero-order valence-corrected chi connectivity index (χ0v) is 19.1. The van der Waals surface area contributed by atoms with Crippen molar-refractivity contribution in [3.05, 3.63) is 54.0 Å². The van der Waals surface area contributed by atoms with E-state index in [9.17, 15) is 19.6 Å². The quantitative estimate of drug-likeness (QED) is 0.492. The molecule has 8 nitrogen and oxygen atoms in total. The number of hydrogen-bond acceptors (Lipinski definition) is 6. The zero-order chi connectivity index (χ0) is 24.2. The number of hydrogen-bond donors (Lipinski definition) is 3. The highest BCUT2D eigenvalue weighted by molar-refractivity contribution is 5.84. The highest BCUT2D eigenvalue weighted by Crippen LogP contribution is 2.30. The van der Waals surface area contributed by atoms with Crippen LogP contribution in [0.4, 0.5) is 4.39 Å². The fraction of sp³-hybridized carbons (Fsp3) is 0.400. The molecule has 0 bridgehead atoms. The lowest BCUT2D eigenvalue weighted by Gasteiger charge is -2.29. The molecule has 0 aliphatic carbocycles. The van der Waals surface area contributed by atoms with Crippen LogP contribution in [0.3, 0.4) is 0 Å². The van der Waals surface area contributed by atoms with Gasteiger partial charge >= 0.3 is 0 Å². The molecule has 1 amide bonds.